The molecule has 0 aliphatic carbocycles. The number of halogens is 2. The van der Waals surface area contributed by atoms with Gasteiger partial charge in [0.25, 0.3) is 0 Å². The summed E-state index contributed by atoms with van der Waals surface area (Å²) in [7, 11) is 0. The normalized spacial score (nSPS) is 18.9. The average molecular weight is 269 g/mol. The third-order valence-corrected chi connectivity index (χ3v) is 3.36. The van der Waals surface area contributed by atoms with Crippen molar-refractivity contribution >= 4 is 5.91 Å². The lowest BCUT2D eigenvalue weighted by atomic mass is 10.1. The van der Waals surface area contributed by atoms with Crippen molar-refractivity contribution in [2.45, 2.75) is 31.8 Å². The number of hydrogen-bond acceptors (Lipinski definition) is 2. The van der Waals surface area contributed by atoms with Crippen LogP contribution in [0, 0.1) is 11.6 Å². The lowest BCUT2D eigenvalue weighted by Gasteiger charge is -2.15. The molecule has 1 fully saturated rings. The Morgan fingerprint density at radius 3 is 2.89 bits per heavy atom. The van der Waals surface area contributed by atoms with Gasteiger partial charge in [-0.25, -0.2) is 8.78 Å². The fourth-order valence-corrected chi connectivity index (χ4v) is 2.29. The molecule has 1 aliphatic rings. The Hall–Kier alpha value is -1.49. The van der Waals surface area contributed by atoms with Crippen LogP contribution in [0.5, 0.6) is 0 Å². The molecule has 1 aliphatic heterocycles. The molecule has 0 bridgehead atoms. The fraction of sp³-hybridized carbons (Fsp3) is 0.500. The third kappa shape index (κ3) is 3.73. The molecule has 0 radical (unpaired) electrons. The van der Waals surface area contributed by atoms with Crippen molar-refractivity contribution in [1.82, 2.24) is 4.90 Å². The number of rotatable bonds is 4. The summed E-state index contributed by atoms with van der Waals surface area (Å²) >= 11 is 0. The van der Waals surface area contributed by atoms with Gasteiger partial charge < -0.3 is 10.0 Å². The molecular formula is C14H17F2NO2. The number of carbonyl (C=O) groups excluding carboxylic acids is 1. The van der Waals surface area contributed by atoms with E-state index in [0.717, 1.165) is 12.1 Å². The van der Waals surface area contributed by atoms with Crippen molar-refractivity contribution in [3.63, 3.8) is 0 Å². The molecule has 2 rings (SSSR count). The van der Waals surface area contributed by atoms with E-state index < -0.39 is 17.7 Å². The van der Waals surface area contributed by atoms with E-state index in [1.54, 1.807) is 4.90 Å². The van der Waals surface area contributed by atoms with Gasteiger partial charge in [0.05, 0.1) is 6.10 Å². The zero-order valence-electron chi connectivity index (χ0n) is 10.6. The molecule has 19 heavy (non-hydrogen) atoms. The van der Waals surface area contributed by atoms with Gasteiger partial charge in [-0.1, -0.05) is 0 Å². The lowest BCUT2D eigenvalue weighted by Crippen LogP contribution is -2.29. The zero-order chi connectivity index (χ0) is 13.8. The third-order valence-electron chi connectivity index (χ3n) is 3.36. The Morgan fingerprint density at radius 1 is 1.42 bits per heavy atom. The van der Waals surface area contributed by atoms with E-state index in [9.17, 15) is 18.7 Å². The summed E-state index contributed by atoms with van der Waals surface area (Å²) in [6.45, 7) is 0.960. The minimum Gasteiger partial charge on any atom is -0.391 e. The first kappa shape index (κ1) is 13.9. The van der Waals surface area contributed by atoms with Crippen LogP contribution < -0.4 is 0 Å². The van der Waals surface area contributed by atoms with E-state index in [4.69, 9.17) is 0 Å². The lowest BCUT2D eigenvalue weighted by molar-refractivity contribution is -0.130. The highest BCUT2D eigenvalue weighted by Crippen LogP contribution is 2.15. The fourth-order valence-electron chi connectivity index (χ4n) is 2.29. The van der Waals surface area contributed by atoms with Crippen LogP contribution in [-0.4, -0.2) is 35.1 Å². The van der Waals surface area contributed by atoms with Crippen molar-refractivity contribution < 1.29 is 18.7 Å². The second-order valence-electron chi connectivity index (χ2n) is 4.87. The number of likely N-dealkylation sites (tertiary alicyclic amines) is 1. The number of β-amino-alcohol motifs (C(OH)–C–C–N with tert-alkyl or cyclic N) is 1. The van der Waals surface area contributed by atoms with Crippen molar-refractivity contribution in [2.24, 2.45) is 0 Å². The molecule has 0 saturated carbocycles. The Labute approximate surface area is 110 Å². The first-order valence-corrected chi connectivity index (χ1v) is 6.46. The van der Waals surface area contributed by atoms with Crippen LogP contribution in [0.1, 0.15) is 24.8 Å². The summed E-state index contributed by atoms with van der Waals surface area (Å²) in [5.41, 5.74) is 0.300. The highest BCUT2D eigenvalue weighted by atomic mass is 19.1. The van der Waals surface area contributed by atoms with Crippen LogP contribution in [0.4, 0.5) is 8.78 Å². The number of hydrogen-bond donors (Lipinski definition) is 1. The topological polar surface area (TPSA) is 40.5 Å². The van der Waals surface area contributed by atoms with Crippen molar-refractivity contribution in [1.29, 1.82) is 0 Å². The summed E-state index contributed by atoms with van der Waals surface area (Å²) < 4.78 is 26.3. The number of carbonyl (C=O) groups is 1. The summed E-state index contributed by atoms with van der Waals surface area (Å²) in [6, 6.07) is 3.35. The quantitative estimate of drug-likeness (QED) is 0.906. The van der Waals surface area contributed by atoms with Crippen molar-refractivity contribution in [2.75, 3.05) is 13.1 Å². The van der Waals surface area contributed by atoms with E-state index >= 15 is 0 Å². The molecule has 1 amide bonds. The number of aryl methyl sites for hydroxylation is 1. The van der Waals surface area contributed by atoms with Crippen LogP contribution >= 0.6 is 0 Å². The largest absolute Gasteiger partial charge is 0.391 e. The predicted octanol–water partition coefficient (Wildman–Crippen LogP) is 1.88. The Bertz CT molecular complexity index is 465. The molecular weight excluding hydrogens is 252 g/mol. The van der Waals surface area contributed by atoms with Crippen LogP contribution in [0.3, 0.4) is 0 Å². The minimum atomic E-state index is -0.467. The van der Waals surface area contributed by atoms with Crippen LogP contribution in [0.2, 0.25) is 0 Å². The maximum atomic E-state index is 13.4. The van der Waals surface area contributed by atoms with Gasteiger partial charge in [-0.15, -0.1) is 0 Å². The zero-order valence-corrected chi connectivity index (χ0v) is 10.6. The Balaban J connectivity index is 1.80. The molecule has 0 aromatic heterocycles. The maximum absolute atomic E-state index is 13.4. The standard InChI is InChI=1S/C14H17F2NO2/c15-11-4-5-13(16)10(8-11)2-1-3-14(19)17-7-6-12(18)9-17/h4-5,8,12,18H,1-3,6-7,9H2/t12-/m1/s1. The smallest absolute Gasteiger partial charge is 0.222 e. The second kappa shape index (κ2) is 6.10. The van der Waals surface area contributed by atoms with Gasteiger partial charge in [0, 0.05) is 19.5 Å². The number of amides is 1. The summed E-state index contributed by atoms with van der Waals surface area (Å²) in [6.07, 6.45) is 1.30. The molecule has 0 spiro atoms. The molecule has 3 nitrogen and oxygen atoms in total. The van der Waals surface area contributed by atoms with Gasteiger partial charge in [0.1, 0.15) is 11.6 Å². The van der Waals surface area contributed by atoms with Gasteiger partial charge in [-0.05, 0) is 43.0 Å². The molecule has 104 valence electrons. The highest BCUT2D eigenvalue weighted by molar-refractivity contribution is 5.76. The first-order chi connectivity index (χ1) is 9.06. The van der Waals surface area contributed by atoms with Gasteiger partial charge >= 0.3 is 0 Å². The first-order valence-electron chi connectivity index (χ1n) is 6.46. The molecule has 1 saturated heterocycles. The van der Waals surface area contributed by atoms with E-state index in [0.29, 0.717) is 44.3 Å². The van der Waals surface area contributed by atoms with Gasteiger partial charge in [-0.2, -0.15) is 0 Å². The number of aliphatic hydroxyl groups excluding tert-OH is 1. The SMILES string of the molecule is O=C(CCCc1cc(F)ccc1F)N1CC[C@@H](O)C1. The van der Waals surface area contributed by atoms with Crippen LogP contribution in [0.25, 0.3) is 0 Å². The Morgan fingerprint density at radius 2 is 2.21 bits per heavy atom. The molecule has 1 heterocycles. The van der Waals surface area contributed by atoms with Crippen LogP contribution in [-0.2, 0) is 11.2 Å². The van der Waals surface area contributed by atoms with Crippen molar-refractivity contribution in [3.05, 3.63) is 35.4 Å². The van der Waals surface area contributed by atoms with E-state index in [1.807, 2.05) is 0 Å². The van der Waals surface area contributed by atoms with Gasteiger partial charge in [-0.3, -0.25) is 4.79 Å². The molecule has 0 unspecified atom stereocenters. The maximum Gasteiger partial charge on any atom is 0.222 e. The predicted molar refractivity (Wildman–Crippen MR) is 66.5 cm³/mol. The molecule has 1 aromatic rings. The van der Waals surface area contributed by atoms with Gasteiger partial charge in [0.2, 0.25) is 5.91 Å². The Kier molecular flexibility index (Phi) is 4.47. The molecule has 1 atom stereocenters. The van der Waals surface area contributed by atoms with E-state index in [2.05, 4.69) is 0 Å². The number of aliphatic hydroxyl groups is 1. The molecule has 1 aromatic carbocycles. The van der Waals surface area contributed by atoms with Crippen LogP contribution in [0.15, 0.2) is 18.2 Å². The highest BCUT2D eigenvalue weighted by Gasteiger charge is 2.23. The van der Waals surface area contributed by atoms with Crippen molar-refractivity contribution in [3.8, 4) is 0 Å². The summed E-state index contributed by atoms with van der Waals surface area (Å²) in [5, 5.41) is 9.33. The number of benzene rings is 1. The van der Waals surface area contributed by atoms with Gasteiger partial charge in [0.15, 0.2) is 0 Å². The second-order valence-corrected chi connectivity index (χ2v) is 4.87. The van der Waals surface area contributed by atoms with E-state index in [-0.39, 0.29) is 5.91 Å². The monoisotopic (exact) mass is 269 g/mol. The summed E-state index contributed by atoms with van der Waals surface area (Å²) in [4.78, 5) is 13.4. The molecule has 5 heteroatoms. The minimum absolute atomic E-state index is 0.0339. The van der Waals surface area contributed by atoms with E-state index in [1.165, 1.54) is 6.07 Å². The number of nitrogens with zero attached hydrogens (tertiary/aromatic N) is 1. The molecule has 1 N–H and O–H groups in total. The summed E-state index contributed by atoms with van der Waals surface area (Å²) in [5.74, 6) is -0.941. The average Bonchev–Trinajstić information content (AvgIpc) is 2.80.